The number of amides is 2. The number of ether oxygens (including phenoxy) is 2. The monoisotopic (exact) mass is 492 g/mol. The van der Waals surface area contributed by atoms with E-state index in [4.69, 9.17) is 9.47 Å². The number of nitrogens with zero attached hydrogens (tertiary/aromatic N) is 5. The van der Waals surface area contributed by atoms with E-state index >= 15 is 0 Å². The summed E-state index contributed by atoms with van der Waals surface area (Å²) in [4.78, 5) is 42.8. The van der Waals surface area contributed by atoms with E-state index in [0.717, 1.165) is 12.8 Å². The summed E-state index contributed by atoms with van der Waals surface area (Å²) < 4.78 is 11.7. The van der Waals surface area contributed by atoms with Crippen molar-refractivity contribution in [3.8, 4) is 0 Å². The van der Waals surface area contributed by atoms with Crippen LogP contribution in [0.15, 0.2) is 0 Å². The second-order valence-corrected chi connectivity index (χ2v) is 9.80. The number of unbranched alkanes of at least 4 members (excludes halogenated alkanes) is 1. The second kappa shape index (κ2) is 13.1. The number of rotatable bonds is 10. The summed E-state index contributed by atoms with van der Waals surface area (Å²) in [5.41, 5.74) is 0.761. The predicted molar refractivity (Wildman–Crippen MR) is 129 cm³/mol. The van der Waals surface area contributed by atoms with Crippen LogP contribution in [0.1, 0.15) is 61.0 Å². The summed E-state index contributed by atoms with van der Waals surface area (Å²) in [6, 6.07) is -0.155. The van der Waals surface area contributed by atoms with Gasteiger partial charge in [-0.05, 0) is 31.6 Å². The van der Waals surface area contributed by atoms with E-state index in [1.54, 1.807) is 7.11 Å². The number of carbonyl (C=O) groups excluding carboxylic acids is 3. The van der Waals surface area contributed by atoms with E-state index < -0.39 is 0 Å². The second-order valence-electron chi connectivity index (χ2n) is 9.80. The van der Waals surface area contributed by atoms with Gasteiger partial charge in [0.2, 0.25) is 11.8 Å². The summed E-state index contributed by atoms with van der Waals surface area (Å²) in [5.74, 6) is -0.370. The first-order chi connectivity index (χ1) is 16.8. The summed E-state index contributed by atoms with van der Waals surface area (Å²) >= 11 is 0. The van der Waals surface area contributed by atoms with Crippen molar-refractivity contribution in [2.75, 3.05) is 59.7 Å². The number of piperidine rings is 1. The van der Waals surface area contributed by atoms with Gasteiger partial charge in [0.05, 0.1) is 24.8 Å². The molecule has 1 N–H and O–H groups in total. The Balaban J connectivity index is 1.80. The fourth-order valence-electron chi connectivity index (χ4n) is 4.80. The Kier molecular flexibility index (Phi) is 10.2. The van der Waals surface area contributed by atoms with Crippen LogP contribution in [0.4, 0.5) is 0 Å². The minimum Gasteiger partial charge on any atom is -0.385 e. The number of carbonyl (C=O) groups is 3. The Morgan fingerprint density at radius 1 is 1.20 bits per heavy atom. The van der Waals surface area contributed by atoms with Crippen LogP contribution in [-0.2, 0) is 20.7 Å². The number of nitrogens with one attached hydrogen (secondary N) is 1. The number of hydrogen-bond acceptors (Lipinski definition) is 8. The lowest BCUT2D eigenvalue weighted by molar-refractivity contribution is -0.140. The third kappa shape index (κ3) is 7.08. The van der Waals surface area contributed by atoms with E-state index in [1.807, 2.05) is 9.80 Å². The standard InChI is InChI=1S/C24H40N6O5/c1-17(2)16-29(20-13-19(14-25-15-20)23(32)28-8-11-35-12-9-28)24(33)22-21(7-5-6-10-34-4)30(18(3)31)27-26-22/h17,19-20,25H,5-16H2,1-4H3/t19-,20+/m1/s1. The first-order valence-corrected chi connectivity index (χ1v) is 12.7. The molecule has 3 heterocycles. The molecule has 0 bridgehead atoms. The average molecular weight is 493 g/mol. The van der Waals surface area contributed by atoms with Crippen LogP contribution in [0.5, 0.6) is 0 Å². The lowest BCUT2D eigenvalue weighted by Gasteiger charge is -2.40. The van der Waals surface area contributed by atoms with Crippen molar-refractivity contribution in [1.29, 1.82) is 0 Å². The van der Waals surface area contributed by atoms with Gasteiger partial charge in [0, 0.05) is 59.4 Å². The summed E-state index contributed by atoms with van der Waals surface area (Å²) in [7, 11) is 1.65. The van der Waals surface area contributed by atoms with Crippen LogP contribution in [0.2, 0.25) is 0 Å². The van der Waals surface area contributed by atoms with Gasteiger partial charge in [0.25, 0.3) is 5.91 Å². The van der Waals surface area contributed by atoms with Crippen LogP contribution in [0.25, 0.3) is 0 Å². The number of methoxy groups -OCH3 is 1. The third-order valence-electron chi connectivity index (χ3n) is 6.54. The molecule has 0 radical (unpaired) electrons. The van der Waals surface area contributed by atoms with Gasteiger partial charge in [-0.25, -0.2) is 0 Å². The molecule has 1 aromatic rings. The average Bonchev–Trinajstić information content (AvgIpc) is 3.29. The Labute approximate surface area is 207 Å². The number of hydrogen-bond donors (Lipinski definition) is 1. The normalized spacial score (nSPS) is 20.8. The Morgan fingerprint density at radius 2 is 1.94 bits per heavy atom. The lowest BCUT2D eigenvalue weighted by atomic mass is 9.92. The van der Waals surface area contributed by atoms with Crippen LogP contribution in [0.3, 0.4) is 0 Å². The highest BCUT2D eigenvalue weighted by atomic mass is 16.5. The van der Waals surface area contributed by atoms with Crippen molar-refractivity contribution in [2.45, 2.75) is 52.5 Å². The maximum absolute atomic E-state index is 13.8. The smallest absolute Gasteiger partial charge is 0.276 e. The van der Waals surface area contributed by atoms with E-state index in [9.17, 15) is 14.4 Å². The van der Waals surface area contributed by atoms with Crippen molar-refractivity contribution in [3.05, 3.63) is 11.4 Å². The van der Waals surface area contributed by atoms with Gasteiger partial charge in [0.1, 0.15) is 0 Å². The molecule has 3 rings (SSSR count). The van der Waals surface area contributed by atoms with Gasteiger partial charge in [-0.3, -0.25) is 14.4 Å². The molecule has 2 saturated heterocycles. The molecule has 0 aliphatic carbocycles. The molecule has 11 nitrogen and oxygen atoms in total. The number of aromatic nitrogens is 3. The van der Waals surface area contributed by atoms with E-state index in [2.05, 4.69) is 29.5 Å². The highest BCUT2D eigenvalue weighted by Crippen LogP contribution is 2.23. The van der Waals surface area contributed by atoms with Gasteiger partial charge < -0.3 is 24.6 Å². The zero-order valence-corrected chi connectivity index (χ0v) is 21.5. The molecule has 0 saturated carbocycles. The fraction of sp³-hybridized carbons (Fsp3) is 0.792. The first-order valence-electron chi connectivity index (χ1n) is 12.7. The molecule has 1 aromatic heterocycles. The van der Waals surface area contributed by atoms with Crippen LogP contribution < -0.4 is 5.32 Å². The summed E-state index contributed by atoms with van der Waals surface area (Å²) in [6.45, 7) is 10.2. The van der Waals surface area contributed by atoms with Crippen molar-refractivity contribution in [1.82, 2.24) is 30.1 Å². The van der Waals surface area contributed by atoms with Crippen LogP contribution in [-0.4, -0.2) is 108 Å². The van der Waals surface area contributed by atoms with Crippen LogP contribution >= 0.6 is 0 Å². The molecular weight excluding hydrogens is 452 g/mol. The van der Waals surface area contributed by atoms with Crippen molar-refractivity contribution < 1.29 is 23.9 Å². The molecule has 0 unspecified atom stereocenters. The SMILES string of the molecule is COCCCCc1c(C(=O)N(CC(C)C)[C@@H]2CNC[C@H](C(=O)N3CCOCC3)C2)nnn1C(C)=O. The Bertz CT molecular complexity index is 867. The quantitative estimate of drug-likeness (QED) is 0.478. The van der Waals surface area contributed by atoms with Gasteiger partial charge in [-0.1, -0.05) is 19.1 Å². The molecule has 11 heteroatoms. The van der Waals surface area contributed by atoms with Gasteiger partial charge in [-0.15, -0.1) is 5.10 Å². The molecule has 0 aromatic carbocycles. The molecule has 196 valence electrons. The molecule has 2 aliphatic rings. The molecule has 2 atom stereocenters. The lowest BCUT2D eigenvalue weighted by Crippen LogP contribution is -2.56. The predicted octanol–water partition coefficient (Wildman–Crippen LogP) is 0.842. The summed E-state index contributed by atoms with van der Waals surface area (Å²) in [6.07, 6.45) is 2.65. The van der Waals surface area contributed by atoms with Crippen LogP contribution in [0, 0.1) is 11.8 Å². The molecule has 0 spiro atoms. The van der Waals surface area contributed by atoms with E-state index in [1.165, 1.54) is 11.6 Å². The number of morpholine rings is 1. The molecule has 2 fully saturated rings. The highest BCUT2D eigenvalue weighted by molar-refractivity contribution is 5.94. The van der Waals surface area contributed by atoms with Crippen molar-refractivity contribution in [2.24, 2.45) is 11.8 Å². The molecule has 2 aliphatic heterocycles. The maximum atomic E-state index is 13.8. The molecular formula is C24H40N6O5. The zero-order chi connectivity index (χ0) is 25.4. The fourth-order valence-corrected chi connectivity index (χ4v) is 4.80. The molecule has 35 heavy (non-hydrogen) atoms. The highest BCUT2D eigenvalue weighted by Gasteiger charge is 2.37. The third-order valence-corrected chi connectivity index (χ3v) is 6.54. The minimum absolute atomic E-state index is 0.115. The Morgan fingerprint density at radius 3 is 2.60 bits per heavy atom. The van der Waals surface area contributed by atoms with Gasteiger partial charge in [0.15, 0.2) is 5.69 Å². The zero-order valence-electron chi connectivity index (χ0n) is 21.5. The minimum atomic E-state index is -0.274. The first kappa shape index (κ1) is 27.2. The van der Waals surface area contributed by atoms with E-state index in [0.29, 0.717) is 71.1 Å². The summed E-state index contributed by atoms with van der Waals surface area (Å²) in [5, 5.41) is 11.5. The van der Waals surface area contributed by atoms with Gasteiger partial charge in [-0.2, -0.15) is 4.68 Å². The topological polar surface area (TPSA) is 119 Å². The largest absolute Gasteiger partial charge is 0.385 e. The van der Waals surface area contributed by atoms with Crippen molar-refractivity contribution in [3.63, 3.8) is 0 Å². The van der Waals surface area contributed by atoms with Gasteiger partial charge >= 0.3 is 0 Å². The molecule has 2 amide bonds. The van der Waals surface area contributed by atoms with E-state index in [-0.39, 0.29) is 41.3 Å². The Hall–Kier alpha value is -2.37. The van der Waals surface area contributed by atoms with Crippen molar-refractivity contribution >= 4 is 17.7 Å². The maximum Gasteiger partial charge on any atom is 0.276 e.